The molecular weight excluding hydrogens is 360 g/mol. The van der Waals surface area contributed by atoms with Gasteiger partial charge >= 0.3 is 0 Å². The summed E-state index contributed by atoms with van der Waals surface area (Å²) in [4.78, 5) is 4.75. The maximum Gasteiger partial charge on any atom is 0.131 e. The summed E-state index contributed by atoms with van der Waals surface area (Å²) < 4.78 is 5.97. The first-order chi connectivity index (χ1) is 12.8. The number of hydrogen-bond acceptors (Lipinski definition) is 4. The highest BCUT2D eigenvalue weighted by Gasteiger charge is 2.11. The van der Waals surface area contributed by atoms with Gasteiger partial charge in [-0.3, -0.25) is 0 Å². The van der Waals surface area contributed by atoms with Crippen molar-refractivity contribution in [1.82, 2.24) is 10.3 Å². The highest BCUT2D eigenvalue weighted by molar-refractivity contribution is 5.87. The number of pyridine rings is 1. The van der Waals surface area contributed by atoms with E-state index in [-0.39, 0.29) is 19.0 Å². The number of nitrogens with zero attached hydrogens (tertiary/aromatic N) is 1. The number of rotatable bonds is 9. The number of unbranched alkanes of at least 4 members (excludes halogenated alkanes) is 1. The molecule has 1 heterocycles. The third kappa shape index (κ3) is 5.93. The molecule has 1 unspecified atom stereocenters. The summed E-state index contributed by atoms with van der Waals surface area (Å²) >= 11 is 0. The topological polar surface area (TPSA) is 54.4 Å². The molecule has 0 saturated heterocycles. The smallest absolute Gasteiger partial charge is 0.131 e. The fourth-order valence-electron chi connectivity index (χ4n) is 2.84. The van der Waals surface area contributed by atoms with E-state index in [4.69, 9.17) is 9.72 Å². The summed E-state index contributed by atoms with van der Waals surface area (Å²) in [5.74, 6) is 0.752. The second-order valence-electron chi connectivity index (χ2n) is 6.41. The van der Waals surface area contributed by atoms with Crippen LogP contribution in [-0.2, 0) is 0 Å². The van der Waals surface area contributed by atoms with E-state index in [1.54, 1.807) is 0 Å². The number of aliphatic hydroxyl groups is 1. The van der Waals surface area contributed by atoms with Crippen LogP contribution >= 0.6 is 12.4 Å². The van der Waals surface area contributed by atoms with Gasteiger partial charge in [0.25, 0.3) is 0 Å². The molecule has 5 heteroatoms. The third-order valence-electron chi connectivity index (χ3n) is 4.27. The summed E-state index contributed by atoms with van der Waals surface area (Å²) in [5, 5.41) is 14.4. The number of aliphatic hydroxyl groups excluding tert-OH is 1. The summed E-state index contributed by atoms with van der Waals surface area (Å²) in [6.45, 7) is 3.86. The summed E-state index contributed by atoms with van der Waals surface area (Å²) in [6.07, 6.45) is 1.72. The number of ether oxygens (including phenoxy) is 1. The number of benzene rings is 2. The fourth-order valence-corrected chi connectivity index (χ4v) is 2.84. The monoisotopic (exact) mass is 386 g/mol. The number of hydrogen-bond donors (Lipinski definition) is 2. The third-order valence-corrected chi connectivity index (χ3v) is 4.27. The van der Waals surface area contributed by atoms with Gasteiger partial charge in [0, 0.05) is 23.6 Å². The van der Waals surface area contributed by atoms with Crippen LogP contribution in [0.25, 0.3) is 22.2 Å². The van der Waals surface area contributed by atoms with Crippen molar-refractivity contribution in [3.05, 3.63) is 60.7 Å². The van der Waals surface area contributed by atoms with Crippen LogP contribution in [0.4, 0.5) is 0 Å². The number of fused-ring (bicyclic) bond motifs is 1. The zero-order chi connectivity index (χ0) is 18.2. The van der Waals surface area contributed by atoms with Gasteiger partial charge in [-0.15, -0.1) is 12.4 Å². The van der Waals surface area contributed by atoms with Crippen LogP contribution in [0, 0.1) is 0 Å². The molecule has 1 atom stereocenters. The zero-order valence-corrected chi connectivity index (χ0v) is 16.4. The van der Waals surface area contributed by atoms with Crippen molar-refractivity contribution in [2.24, 2.45) is 0 Å². The first-order valence-electron chi connectivity index (χ1n) is 9.24. The summed E-state index contributed by atoms with van der Waals surface area (Å²) in [6, 6.07) is 19.9. The minimum atomic E-state index is -0.543. The van der Waals surface area contributed by atoms with Crippen molar-refractivity contribution in [1.29, 1.82) is 0 Å². The lowest BCUT2D eigenvalue weighted by molar-refractivity contribution is 0.107. The molecule has 3 aromatic rings. The predicted octanol–water partition coefficient (Wildman–Crippen LogP) is 4.45. The van der Waals surface area contributed by atoms with Gasteiger partial charge in [-0.05, 0) is 25.1 Å². The number of nitrogens with one attached hydrogen (secondary N) is 1. The lowest BCUT2D eigenvalue weighted by atomic mass is 10.1. The Morgan fingerprint density at radius 2 is 1.81 bits per heavy atom. The van der Waals surface area contributed by atoms with E-state index in [9.17, 15) is 5.11 Å². The number of halogens is 1. The lowest BCUT2D eigenvalue weighted by Crippen LogP contribution is -2.32. The Labute approximate surface area is 167 Å². The van der Waals surface area contributed by atoms with Crippen molar-refractivity contribution in [3.63, 3.8) is 0 Å². The molecule has 1 aromatic heterocycles. The Morgan fingerprint density at radius 3 is 2.59 bits per heavy atom. The van der Waals surface area contributed by atoms with Gasteiger partial charge in [-0.1, -0.05) is 55.8 Å². The number of para-hydroxylation sites is 1. The molecular formula is C22H27ClN2O2. The average Bonchev–Trinajstić information content (AvgIpc) is 2.70. The Hall–Kier alpha value is -2.14. The summed E-state index contributed by atoms with van der Waals surface area (Å²) in [7, 11) is 0. The van der Waals surface area contributed by atoms with Gasteiger partial charge in [-0.25, -0.2) is 4.98 Å². The Kier molecular flexibility index (Phi) is 8.52. The van der Waals surface area contributed by atoms with Gasteiger partial charge in [0.05, 0.1) is 11.2 Å². The molecule has 0 spiro atoms. The van der Waals surface area contributed by atoms with E-state index in [1.807, 2.05) is 60.7 Å². The van der Waals surface area contributed by atoms with Crippen LogP contribution in [0.15, 0.2) is 60.7 Å². The molecule has 0 aliphatic carbocycles. The van der Waals surface area contributed by atoms with E-state index >= 15 is 0 Å². The molecule has 0 aliphatic rings. The van der Waals surface area contributed by atoms with E-state index < -0.39 is 6.10 Å². The zero-order valence-electron chi connectivity index (χ0n) is 15.6. The van der Waals surface area contributed by atoms with E-state index in [0.717, 1.165) is 47.3 Å². The van der Waals surface area contributed by atoms with Gasteiger partial charge in [-0.2, -0.15) is 0 Å². The largest absolute Gasteiger partial charge is 0.490 e. The van der Waals surface area contributed by atoms with Gasteiger partial charge in [0.2, 0.25) is 0 Å². The maximum absolute atomic E-state index is 10.2. The molecule has 0 fully saturated rings. The molecule has 144 valence electrons. The van der Waals surface area contributed by atoms with Crippen LogP contribution in [0.1, 0.15) is 19.8 Å². The molecule has 0 amide bonds. The first kappa shape index (κ1) is 21.2. The van der Waals surface area contributed by atoms with Crippen LogP contribution in [0.5, 0.6) is 5.75 Å². The highest BCUT2D eigenvalue weighted by Crippen LogP contribution is 2.30. The van der Waals surface area contributed by atoms with E-state index in [1.165, 1.54) is 0 Å². The predicted molar refractivity (Wildman–Crippen MR) is 114 cm³/mol. The first-order valence-corrected chi connectivity index (χ1v) is 9.24. The van der Waals surface area contributed by atoms with E-state index in [0.29, 0.717) is 6.54 Å². The quantitative estimate of drug-likeness (QED) is 0.533. The minimum absolute atomic E-state index is 0. The Morgan fingerprint density at radius 1 is 1.07 bits per heavy atom. The van der Waals surface area contributed by atoms with Crippen LogP contribution in [0.2, 0.25) is 0 Å². The molecule has 4 nitrogen and oxygen atoms in total. The molecule has 0 aliphatic heterocycles. The minimum Gasteiger partial charge on any atom is -0.490 e. The van der Waals surface area contributed by atoms with Crippen molar-refractivity contribution in [3.8, 4) is 17.0 Å². The second kappa shape index (κ2) is 10.9. The normalized spacial score (nSPS) is 11.8. The van der Waals surface area contributed by atoms with E-state index in [2.05, 4.69) is 12.2 Å². The Balaban J connectivity index is 0.00000261. The van der Waals surface area contributed by atoms with Gasteiger partial charge in [0.1, 0.15) is 18.5 Å². The van der Waals surface area contributed by atoms with Crippen LogP contribution in [-0.4, -0.2) is 35.9 Å². The molecule has 0 radical (unpaired) electrons. The maximum atomic E-state index is 10.2. The fraction of sp³-hybridized carbons (Fsp3) is 0.318. The second-order valence-corrected chi connectivity index (χ2v) is 6.41. The molecule has 2 aromatic carbocycles. The van der Waals surface area contributed by atoms with Crippen molar-refractivity contribution < 1.29 is 9.84 Å². The standard InChI is InChI=1S/C22H26N2O2.ClH/c1-2-3-13-23-15-18(25)16-26-22-14-21(17-9-5-4-6-10-17)24-20-12-8-7-11-19(20)22;/h4-12,14,18,23,25H,2-3,13,15-16H2,1H3;1H. The number of aromatic nitrogens is 1. The van der Waals surface area contributed by atoms with Crippen LogP contribution in [0.3, 0.4) is 0 Å². The Bertz CT molecular complexity index is 827. The SMILES string of the molecule is CCCCNCC(O)COc1cc(-c2ccccc2)nc2ccccc12.Cl. The van der Waals surface area contributed by atoms with Crippen molar-refractivity contribution >= 4 is 23.3 Å². The average molecular weight is 387 g/mol. The van der Waals surface area contributed by atoms with Gasteiger partial charge < -0.3 is 15.2 Å². The molecule has 27 heavy (non-hydrogen) atoms. The molecule has 2 N–H and O–H groups in total. The van der Waals surface area contributed by atoms with Crippen molar-refractivity contribution in [2.45, 2.75) is 25.9 Å². The molecule has 3 rings (SSSR count). The summed E-state index contributed by atoms with van der Waals surface area (Å²) in [5.41, 5.74) is 2.80. The molecule has 0 bridgehead atoms. The van der Waals surface area contributed by atoms with Crippen LogP contribution < -0.4 is 10.1 Å². The lowest BCUT2D eigenvalue weighted by Gasteiger charge is -2.15. The van der Waals surface area contributed by atoms with Crippen molar-refractivity contribution in [2.75, 3.05) is 19.7 Å². The highest BCUT2D eigenvalue weighted by atomic mass is 35.5. The molecule has 0 saturated carbocycles. The van der Waals surface area contributed by atoms with Gasteiger partial charge in [0.15, 0.2) is 0 Å².